The number of urea groups is 1. The Morgan fingerprint density at radius 3 is 2.54 bits per heavy atom. The number of nitrogens with zero attached hydrogens (tertiary/aromatic N) is 2. The Kier molecular flexibility index (Phi) is 5.00. The van der Waals surface area contributed by atoms with Crippen LogP contribution in [0.15, 0.2) is 18.2 Å². The molecular weight excluding hydrogens is 356 g/mol. The van der Waals surface area contributed by atoms with Crippen LogP contribution in [0.1, 0.15) is 50.5 Å². The zero-order valence-corrected chi connectivity index (χ0v) is 16.4. The molecule has 4 rings (SSSR count). The van der Waals surface area contributed by atoms with Gasteiger partial charge in [0.2, 0.25) is 5.91 Å². The van der Waals surface area contributed by atoms with Crippen LogP contribution in [-0.4, -0.2) is 47.9 Å². The Morgan fingerprint density at radius 2 is 1.86 bits per heavy atom. The van der Waals surface area contributed by atoms with Crippen LogP contribution in [0.25, 0.3) is 0 Å². The molecule has 1 aromatic rings. The van der Waals surface area contributed by atoms with E-state index in [2.05, 4.69) is 28.5 Å². The van der Waals surface area contributed by atoms with Crippen LogP contribution in [0, 0.1) is 6.92 Å². The summed E-state index contributed by atoms with van der Waals surface area (Å²) < 4.78 is 0. The van der Waals surface area contributed by atoms with Gasteiger partial charge in [0, 0.05) is 37.4 Å². The fraction of sp³-hybridized carbons (Fsp3) is 0.571. The van der Waals surface area contributed by atoms with Gasteiger partial charge in [-0.15, -0.1) is 0 Å². The van der Waals surface area contributed by atoms with Crippen molar-refractivity contribution in [1.29, 1.82) is 0 Å². The molecule has 0 radical (unpaired) electrons. The minimum Gasteiger partial charge on any atom is -0.371 e. The molecular formula is C21H28N4O3. The number of hydrogen-bond donors (Lipinski definition) is 2. The van der Waals surface area contributed by atoms with Gasteiger partial charge >= 0.3 is 6.03 Å². The number of carbonyl (C=O) groups excluding carboxylic acids is 3. The first-order chi connectivity index (χ1) is 13.5. The van der Waals surface area contributed by atoms with Gasteiger partial charge in [-0.3, -0.25) is 14.5 Å². The molecule has 2 N–H and O–H groups in total. The molecule has 7 nitrogen and oxygen atoms in total. The zero-order valence-electron chi connectivity index (χ0n) is 16.4. The number of hydrogen-bond acceptors (Lipinski definition) is 4. The SMILES string of the molecule is Cc1cc(NC(=O)CCN2C(=O)NC3(CCCC3)C2=O)ccc1N1CCCC1. The van der Waals surface area contributed by atoms with E-state index in [-0.39, 0.29) is 30.8 Å². The van der Waals surface area contributed by atoms with Gasteiger partial charge in [0.15, 0.2) is 0 Å². The Morgan fingerprint density at radius 1 is 1.14 bits per heavy atom. The molecule has 2 saturated heterocycles. The van der Waals surface area contributed by atoms with Crippen LogP contribution in [0.5, 0.6) is 0 Å². The second-order valence-electron chi connectivity index (χ2n) is 8.17. The molecule has 1 aliphatic carbocycles. The first-order valence-corrected chi connectivity index (χ1v) is 10.3. The minimum atomic E-state index is -0.712. The molecule has 150 valence electrons. The molecule has 2 heterocycles. The largest absolute Gasteiger partial charge is 0.371 e. The molecule has 1 aromatic carbocycles. The lowest BCUT2D eigenvalue weighted by atomic mass is 9.98. The Hall–Kier alpha value is -2.57. The monoisotopic (exact) mass is 384 g/mol. The van der Waals surface area contributed by atoms with Crippen LogP contribution in [0.4, 0.5) is 16.2 Å². The van der Waals surface area contributed by atoms with E-state index in [0.717, 1.165) is 37.2 Å². The summed E-state index contributed by atoms with van der Waals surface area (Å²) >= 11 is 0. The number of aryl methyl sites for hydroxylation is 1. The van der Waals surface area contributed by atoms with Crippen molar-refractivity contribution in [2.24, 2.45) is 0 Å². The van der Waals surface area contributed by atoms with Gasteiger partial charge in [0.1, 0.15) is 5.54 Å². The summed E-state index contributed by atoms with van der Waals surface area (Å²) in [5.74, 6) is -0.366. The van der Waals surface area contributed by atoms with Crippen LogP contribution in [0.3, 0.4) is 0 Å². The molecule has 0 unspecified atom stereocenters. The number of benzene rings is 1. The molecule has 4 amide bonds. The molecule has 7 heteroatoms. The average molecular weight is 384 g/mol. The summed E-state index contributed by atoms with van der Waals surface area (Å²) in [7, 11) is 0. The smallest absolute Gasteiger partial charge is 0.325 e. The highest BCUT2D eigenvalue weighted by atomic mass is 16.2. The lowest BCUT2D eigenvalue weighted by Gasteiger charge is -2.21. The normalized spacial score (nSPS) is 20.9. The summed E-state index contributed by atoms with van der Waals surface area (Å²) in [6, 6.07) is 5.58. The van der Waals surface area contributed by atoms with Gasteiger partial charge in [-0.2, -0.15) is 0 Å². The van der Waals surface area contributed by atoms with Gasteiger partial charge in [0.05, 0.1) is 0 Å². The predicted octanol–water partition coefficient (Wildman–Crippen LogP) is 2.79. The van der Waals surface area contributed by atoms with E-state index in [1.54, 1.807) is 0 Å². The van der Waals surface area contributed by atoms with E-state index in [1.165, 1.54) is 23.4 Å². The summed E-state index contributed by atoms with van der Waals surface area (Å²) in [6.07, 6.45) is 5.85. The molecule has 1 spiro atoms. The third-order valence-electron chi connectivity index (χ3n) is 6.19. The van der Waals surface area contributed by atoms with Crippen molar-refractivity contribution in [2.45, 2.75) is 57.4 Å². The maximum atomic E-state index is 12.6. The Bertz CT molecular complexity index is 795. The zero-order chi connectivity index (χ0) is 19.7. The van der Waals surface area contributed by atoms with Gasteiger partial charge in [-0.1, -0.05) is 12.8 Å². The summed E-state index contributed by atoms with van der Waals surface area (Å²) in [5, 5.41) is 5.73. The molecule has 28 heavy (non-hydrogen) atoms. The van der Waals surface area contributed by atoms with Crippen molar-refractivity contribution in [1.82, 2.24) is 10.2 Å². The van der Waals surface area contributed by atoms with E-state index < -0.39 is 5.54 Å². The summed E-state index contributed by atoms with van der Waals surface area (Å²) in [4.78, 5) is 40.7. The van der Waals surface area contributed by atoms with E-state index >= 15 is 0 Å². The quantitative estimate of drug-likeness (QED) is 0.765. The first-order valence-electron chi connectivity index (χ1n) is 10.3. The van der Waals surface area contributed by atoms with Crippen LogP contribution in [-0.2, 0) is 9.59 Å². The fourth-order valence-electron chi connectivity index (χ4n) is 4.68. The van der Waals surface area contributed by atoms with E-state index in [0.29, 0.717) is 12.8 Å². The molecule has 0 bridgehead atoms. The van der Waals surface area contributed by atoms with Crippen LogP contribution < -0.4 is 15.5 Å². The molecule has 0 aromatic heterocycles. The van der Waals surface area contributed by atoms with Crippen molar-refractivity contribution in [2.75, 3.05) is 29.9 Å². The second-order valence-corrected chi connectivity index (χ2v) is 8.17. The van der Waals surface area contributed by atoms with Gasteiger partial charge in [0.25, 0.3) is 5.91 Å². The molecule has 3 fully saturated rings. The lowest BCUT2D eigenvalue weighted by Crippen LogP contribution is -2.44. The first kappa shape index (κ1) is 18.8. The highest BCUT2D eigenvalue weighted by Crippen LogP contribution is 2.35. The van der Waals surface area contributed by atoms with Crippen molar-refractivity contribution < 1.29 is 14.4 Å². The highest BCUT2D eigenvalue weighted by Gasteiger charge is 2.52. The van der Waals surface area contributed by atoms with Gasteiger partial charge in [-0.05, 0) is 56.4 Å². The van der Waals surface area contributed by atoms with Crippen molar-refractivity contribution >= 4 is 29.2 Å². The fourth-order valence-corrected chi connectivity index (χ4v) is 4.68. The van der Waals surface area contributed by atoms with E-state index in [4.69, 9.17) is 0 Å². The third kappa shape index (κ3) is 3.45. The predicted molar refractivity (Wildman–Crippen MR) is 107 cm³/mol. The number of carbonyl (C=O) groups is 3. The lowest BCUT2D eigenvalue weighted by molar-refractivity contribution is -0.131. The van der Waals surface area contributed by atoms with Crippen molar-refractivity contribution in [3.8, 4) is 0 Å². The number of rotatable bonds is 5. The van der Waals surface area contributed by atoms with Crippen LogP contribution in [0.2, 0.25) is 0 Å². The molecule has 1 saturated carbocycles. The maximum Gasteiger partial charge on any atom is 0.325 e. The molecule has 3 aliphatic rings. The standard InChI is InChI=1S/C21H28N4O3/c1-15-14-16(6-7-17(15)24-11-4-5-12-24)22-18(26)8-13-25-19(27)21(23-20(25)28)9-2-3-10-21/h6-7,14H,2-5,8-13H2,1H3,(H,22,26)(H,23,28). The number of amides is 4. The van der Waals surface area contributed by atoms with E-state index in [9.17, 15) is 14.4 Å². The molecule has 0 atom stereocenters. The Labute approximate surface area is 165 Å². The van der Waals surface area contributed by atoms with Crippen molar-refractivity contribution in [3.05, 3.63) is 23.8 Å². The summed E-state index contributed by atoms with van der Waals surface area (Å²) in [6.45, 7) is 4.33. The van der Waals surface area contributed by atoms with Gasteiger partial charge in [-0.25, -0.2) is 4.79 Å². The van der Waals surface area contributed by atoms with E-state index in [1.807, 2.05) is 12.1 Å². The average Bonchev–Trinajstić information content (AvgIpc) is 3.38. The topological polar surface area (TPSA) is 81.8 Å². The second kappa shape index (κ2) is 7.45. The molecule has 2 aliphatic heterocycles. The maximum absolute atomic E-state index is 12.6. The summed E-state index contributed by atoms with van der Waals surface area (Å²) in [5.41, 5.74) is 2.39. The van der Waals surface area contributed by atoms with Crippen molar-refractivity contribution in [3.63, 3.8) is 0 Å². The number of nitrogens with one attached hydrogen (secondary N) is 2. The van der Waals surface area contributed by atoms with Crippen LogP contribution >= 0.6 is 0 Å². The number of anilines is 2. The highest BCUT2D eigenvalue weighted by molar-refractivity contribution is 6.07. The van der Waals surface area contributed by atoms with Gasteiger partial charge < -0.3 is 15.5 Å². The number of imide groups is 1. The third-order valence-corrected chi connectivity index (χ3v) is 6.19. The Balaban J connectivity index is 1.33. The minimum absolute atomic E-state index is 0.0994.